The van der Waals surface area contributed by atoms with Crippen molar-refractivity contribution in [3.63, 3.8) is 0 Å². The molecule has 1 aromatic rings. The average molecular weight is 288 g/mol. The zero-order valence-electron chi connectivity index (χ0n) is 12.3. The summed E-state index contributed by atoms with van der Waals surface area (Å²) in [5.74, 6) is 0.293. The summed E-state index contributed by atoms with van der Waals surface area (Å²) in [6, 6.07) is 9.67. The minimum atomic E-state index is -0.233. The Balaban J connectivity index is 2.21. The SMILES string of the molecule is CCOC1CCC(=O)O/C(C)=C\C1=N/Nc1ccccc1. The Kier molecular flexibility index (Phi) is 5.51. The van der Waals surface area contributed by atoms with Crippen molar-refractivity contribution in [2.75, 3.05) is 12.0 Å². The molecule has 0 fully saturated rings. The van der Waals surface area contributed by atoms with Crippen LogP contribution in [0.3, 0.4) is 0 Å². The molecule has 1 atom stereocenters. The maximum absolute atomic E-state index is 11.5. The van der Waals surface area contributed by atoms with Gasteiger partial charge in [0, 0.05) is 19.1 Å². The number of nitrogens with one attached hydrogen (secondary N) is 1. The molecular formula is C16H20N2O3. The van der Waals surface area contributed by atoms with Gasteiger partial charge in [-0.1, -0.05) is 18.2 Å². The lowest BCUT2D eigenvalue weighted by atomic mass is 10.1. The van der Waals surface area contributed by atoms with E-state index in [1.807, 2.05) is 37.3 Å². The third-order valence-corrected chi connectivity index (χ3v) is 3.02. The van der Waals surface area contributed by atoms with E-state index in [1.54, 1.807) is 13.0 Å². The molecule has 5 heteroatoms. The molecule has 0 aromatic heterocycles. The molecule has 112 valence electrons. The smallest absolute Gasteiger partial charge is 0.310 e. The molecule has 0 spiro atoms. The Hall–Kier alpha value is -2.14. The van der Waals surface area contributed by atoms with Crippen LogP contribution in [-0.2, 0) is 14.3 Å². The van der Waals surface area contributed by atoms with Gasteiger partial charge in [-0.25, -0.2) is 0 Å². The van der Waals surface area contributed by atoms with Crippen molar-refractivity contribution in [1.29, 1.82) is 0 Å². The lowest BCUT2D eigenvalue weighted by molar-refractivity contribution is -0.140. The second-order valence-electron chi connectivity index (χ2n) is 4.73. The number of para-hydroxylation sites is 1. The highest BCUT2D eigenvalue weighted by atomic mass is 16.5. The average Bonchev–Trinajstić information content (AvgIpc) is 2.47. The van der Waals surface area contributed by atoms with Gasteiger partial charge in [-0.15, -0.1) is 0 Å². The molecule has 2 rings (SSSR count). The van der Waals surface area contributed by atoms with Gasteiger partial charge in [0.15, 0.2) is 0 Å². The van der Waals surface area contributed by atoms with Gasteiger partial charge in [0.05, 0.1) is 11.4 Å². The van der Waals surface area contributed by atoms with Gasteiger partial charge in [-0.3, -0.25) is 10.2 Å². The topological polar surface area (TPSA) is 59.9 Å². The number of hydrogen-bond acceptors (Lipinski definition) is 5. The molecule has 1 heterocycles. The third kappa shape index (κ3) is 4.72. The highest BCUT2D eigenvalue weighted by molar-refractivity contribution is 6.00. The van der Waals surface area contributed by atoms with E-state index in [0.717, 1.165) is 11.4 Å². The van der Waals surface area contributed by atoms with Crippen LogP contribution in [0.2, 0.25) is 0 Å². The molecule has 0 saturated heterocycles. The summed E-state index contributed by atoms with van der Waals surface area (Å²) >= 11 is 0. The van der Waals surface area contributed by atoms with E-state index in [0.29, 0.717) is 25.2 Å². The number of nitrogens with zero attached hydrogens (tertiary/aromatic N) is 1. The van der Waals surface area contributed by atoms with Crippen molar-refractivity contribution in [3.05, 3.63) is 42.2 Å². The quantitative estimate of drug-likeness (QED) is 0.683. The molecule has 0 radical (unpaired) electrons. The molecule has 1 N–H and O–H groups in total. The van der Waals surface area contributed by atoms with E-state index in [2.05, 4.69) is 10.5 Å². The van der Waals surface area contributed by atoms with Gasteiger partial charge in [0.2, 0.25) is 0 Å². The van der Waals surface area contributed by atoms with Gasteiger partial charge >= 0.3 is 5.97 Å². The van der Waals surface area contributed by atoms with Crippen molar-refractivity contribution in [2.24, 2.45) is 5.10 Å². The molecule has 1 aliphatic rings. The summed E-state index contributed by atoms with van der Waals surface area (Å²) in [7, 11) is 0. The fraction of sp³-hybridized carbons (Fsp3) is 0.375. The highest BCUT2D eigenvalue weighted by Gasteiger charge is 2.21. The highest BCUT2D eigenvalue weighted by Crippen LogP contribution is 2.15. The predicted molar refractivity (Wildman–Crippen MR) is 82.0 cm³/mol. The first-order chi connectivity index (χ1) is 10.2. The Labute approximate surface area is 124 Å². The predicted octanol–water partition coefficient (Wildman–Crippen LogP) is 3.10. The number of rotatable bonds is 4. The zero-order chi connectivity index (χ0) is 15.1. The second-order valence-corrected chi connectivity index (χ2v) is 4.73. The number of cyclic esters (lactones) is 1. The number of ether oxygens (including phenoxy) is 2. The maximum Gasteiger partial charge on any atom is 0.310 e. The fourth-order valence-electron chi connectivity index (χ4n) is 2.07. The molecule has 1 unspecified atom stereocenters. The van der Waals surface area contributed by atoms with Gasteiger partial charge in [-0.05, 0) is 32.4 Å². The summed E-state index contributed by atoms with van der Waals surface area (Å²) in [6.07, 6.45) is 2.41. The Bertz CT molecular complexity index is 538. The lowest BCUT2D eigenvalue weighted by Gasteiger charge is -2.20. The minimum Gasteiger partial charge on any atom is -0.431 e. The van der Waals surface area contributed by atoms with Crippen LogP contribution < -0.4 is 5.43 Å². The Morgan fingerprint density at radius 1 is 1.38 bits per heavy atom. The van der Waals surface area contributed by atoms with E-state index in [9.17, 15) is 4.79 Å². The molecule has 0 saturated carbocycles. The number of esters is 1. The van der Waals surface area contributed by atoms with Crippen molar-refractivity contribution in [3.8, 4) is 0 Å². The molecule has 0 bridgehead atoms. The fourth-order valence-corrected chi connectivity index (χ4v) is 2.07. The van der Waals surface area contributed by atoms with Crippen LogP contribution in [0.1, 0.15) is 26.7 Å². The van der Waals surface area contributed by atoms with Crippen molar-refractivity contribution >= 4 is 17.4 Å². The van der Waals surface area contributed by atoms with Crippen LogP contribution in [-0.4, -0.2) is 24.4 Å². The summed E-state index contributed by atoms with van der Waals surface area (Å²) < 4.78 is 10.9. The van der Waals surface area contributed by atoms with Crippen LogP contribution in [0.4, 0.5) is 5.69 Å². The Morgan fingerprint density at radius 2 is 2.14 bits per heavy atom. The first-order valence-electron chi connectivity index (χ1n) is 7.08. The van der Waals surface area contributed by atoms with E-state index in [1.165, 1.54) is 0 Å². The summed E-state index contributed by atoms with van der Waals surface area (Å²) in [4.78, 5) is 11.5. The maximum atomic E-state index is 11.5. The van der Waals surface area contributed by atoms with Crippen LogP contribution in [0.25, 0.3) is 0 Å². The first-order valence-corrected chi connectivity index (χ1v) is 7.08. The molecule has 21 heavy (non-hydrogen) atoms. The normalized spacial score (nSPS) is 23.7. The molecular weight excluding hydrogens is 268 g/mol. The molecule has 0 aliphatic carbocycles. The van der Waals surface area contributed by atoms with Crippen molar-refractivity contribution < 1.29 is 14.3 Å². The van der Waals surface area contributed by atoms with Crippen LogP contribution in [0, 0.1) is 0 Å². The second kappa shape index (κ2) is 7.59. The number of carbonyl (C=O) groups is 1. The van der Waals surface area contributed by atoms with E-state index >= 15 is 0 Å². The molecule has 1 aliphatic heterocycles. The molecule has 5 nitrogen and oxygen atoms in total. The van der Waals surface area contributed by atoms with Crippen LogP contribution >= 0.6 is 0 Å². The van der Waals surface area contributed by atoms with E-state index in [-0.39, 0.29) is 12.1 Å². The van der Waals surface area contributed by atoms with E-state index < -0.39 is 0 Å². The van der Waals surface area contributed by atoms with Crippen molar-refractivity contribution in [2.45, 2.75) is 32.8 Å². The first kappa shape index (κ1) is 15.3. The summed E-state index contributed by atoms with van der Waals surface area (Å²) in [6.45, 7) is 4.23. The van der Waals surface area contributed by atoms with Crippen molar-refractivity contribution in [1.82, 2.24) is 0 Å². The number of anilines is 1. The van der Waals surface area contributed by atoms with E-state index in [4.69, 9.17) is 9.47 Å². The minimum absolute atomic E-state index is 0.214. The summed E-state index contributed by atoms with van der Waals surface area (Å²) in [5, 5.41) is 4.40. The molecule has 1 aromatic carbocycles. The number of hydrazone groups is 1. The number of allylic oxidation sites excluding steroid dienone is 1. The number of carbonyl (C=O) groups excluding carboxylic acids is 1. The van der Waals surface area contributed by atoms with Gasteiger partial charge in [0.25, 0.3) is 0 Å². The molecule has 0 amide bonds. The number of hydrogen-bond donors (Lipinski definition) is 1. The van der Waals surface area contributed by atoms with Crippen LogP contribution in [0.15, 0.2) is 47.3 Å². The lowest BCUT2D eigenvalue weighted by Crippen LogP contribution is -2.27. The van der Waals surface area contributed by atoms with Gasteiger partial charge in [0.1, 0.15) is 11.9 Å². The van der Waals surface area contributed by atoms with Gasteiger partial charge in [-0.2, -0.15) is 5.10 Å². The van der Waals surface area contributed by atoms with Crippen LogP contribution in [0.5, 0.6) is 0 Å². The zero-order valence-corrected chi connectivity index (χ0v) is 12.3. The number of benzene rings is 1. The summed E-state index contributed by atoms with van der Waals surface area (Å²) in [5.41, 5.74) is 4.63. The third-order valence-electron chi connectivity index (χ3n) is 3.02. The standard InChI is InChI=1S/C16H20N2O3/c1-3-20-15-9-10-16(19)21-12(2)11-14(15)18-17-13-7-5-4-6-8-13/h4-8,11,15,17H,3,9-10H2,1-2H3/b12-11-,18-14+. The Morgan fingerprint density at radius 3 is 2.86 bits per heavy atom. The monoisotopic (exact) mass is 288 g/mol. The van der Waals surface area contributed by atoms with Gasteiger partial charge < -0.3 is 9.47 Å². The largest absolute Gasteiger partial charge is 0.431 e.